The van der Waals surface area contributed by atoms with Crippen molar-refractivity contribution in [1.82, 2.24) is 13.9 Å². The lowest BCUT2D eigenvalue weighted by Crippen LogP contribution is -2.32. The molecule has 2 heterocycles. The van der Waals surface area contributed by atoms with E-state index in [1.54, 1.807) is 6.92 Å². The fourth-order valence-corrected chi connectivity index (χ4v) is 1.73. The maximum absolute atomic E-state index is 11.4. The molecular formula is C6H5N4O2S2-. The van der Waals surface area contributed by atoms with Crippen LogP contribution in [0.2, 0.25) is 0 Å². The van der Waals surface area contributed by atoms with E-state index in [9.17, 15) is 9.59 Å². The maximum Gasteiger partial charge on any atom is 0.384 e. The number of hydrogen-bond donors (Lipinski definition) is 2. The average molecular weight is 229 g/mol. The van der Waals surface area contributed by atoms with Crippen LogP contribution in [0.25, 0.3) is 11.2 Å². The van der Waals surface area contributed by atoms with Gasteiger partial charge < -0.3 is 33.6 Å². The van der Waals surface area contributed by atoms with E-state index < -0.39 is 11.2 Å². The van der Waals surface area contributed by atoms with E-state index in [2.05, 4.69) is 9.97 Å². The van der Waals surface area contributed by atoms with Gasteiger partial charge in [0, 0.05) is 6.92 Å². The highest BCUT2D eigenvalue weighted by Gasteiger charge is 2.13. The molecular weight excluding hydrogens is 224 g/mol. The number of imidazole rings is 1. The van der Waals surface area contributed by atoms with Crippen molar-refractivity contribution in [2.45, 2.75) is 6.92 Å². The highest BCUT2D eigenvalue weighted by molar-refractivity contribution is 7.57. The van der Waals surface area contributed by atoms with Crippen molar-refractivity contribution in [2.75, 3.05) is 0 Å². The van der Waals surface area contributed by atoms with E-state index in [0.29, 0.717) is 5.82 Å². The Balaban J connectivity index is 3.18. The first kappa shape index (κ1) is 9.16. The lowest BCUT2D eigenvalue weighted by Gasteiger charge is -2.06. The van der Waals surface area contributed by atoms with Crippen LogP contribution in [-0.4, -0.2) is 13.9 Å². The van der Waals surface area contributed by atoms with Crippen molar-refractivity contribution < 1.29 is 3.97 Å². The lowest BCUT2D eigenvalue weighted by atomic mass is 10.5. The zero-order chi connectivity index (χ0) is 10.5. The molecule has 6 nitrogen and oxygen atoms in total. The Morgan fingerprint density at radius 2 is 2.00 bits per heavy atom. The summed E-state index contributed by atoms with van der Waals surface area (Å²) in [5.41, 5.74) is -0.694. The highest BCUT2D eigenvalue weighted by atomic mass is 32.1. The van der Waals surface area contributed by atoms with Gasteiger partial charge in [-0.05, 0) is 0 Å². The molecule has 74 valence electrons. The molecule has 2 rings (SSSR count). The minimum Gasteiger partial charge on any atom is -0.598 e. The fourth-order valence-electron chi connectivity index (χ4n) is 1.21. The van der Waals surface area contributed by atoms with Gasteiger partial charge in [-0.1, -0.05) is 0 Å². The highest BCUT2D eigenvalue weighted by Crippen LogP contribution is 2.02. The summed E-state index contributed by atoms with van der Waals surface area (Å²) in [4.78, 5) is 26.8. The predicted molar refractivity (Wildman–Crippen MR) is 53.6 cm³/mol. The second kappa shape index (κ2) is 2.79. The summed E-state index contributed by atoms with van der Waals surface area (Å²) in [6.07, 6.45) is 0. The van der Waals surface area contributed by atoms with Crippen molar-refractivity contribution in [3.8, 4) is 0 Å². The van der Waals surface area contributed by atoms with Crippen LogP contribution in [0.1, 0.15) is 5.82 Å². The summed E-state index contributed by atoms with van der Waals surface area (Å²) >= 11 is 9.87. The third-order valence-corrected chi connectivity index (χ3v) is 2.79. The SMILES string of the molecule is Cc1n([S-])c2c(=O)[nH]c(=O)[nH]c2[n+]1[S-]. The predicted octanol–water partition coefficient (Wildman–Crippen LogP) is -1.77. The van der Waals surface area contributed by atoms with Crippen LogP contribution in [0, 0.1) is 6.92 Å². The summed E-state index contributed by atoms with van der Waals surface area (Å²) in [6.45, 7) is 1.66. The third kappa shape index (κ3) is 1.04. The molecule has 0 unspecified atom stereocenters. The molecule has 0 aliphatic rings. The Hall–Kier alpha value is -1.41. The molecule has 2 aromatic rings. The Bertz CT molecular complexity index is 623. The Kier molecular flexibility index (Phi) is 1.82. The topological polar surface area (TPSA) is 74.5 Å². The van der Waals surface area contributed by atoms with E-state index in [0.717, 1.165) is 0 Å². The number of aromatic amines is 2. The molecule has 0 radical (unpaired) electrons. The van der Waals surface area contributed by atoms with Gasteiger partial charge in [0.1, 0.15) is 0 Å². The van der Waals surface area contributed by atoms with Crippen LogP contribution < -0.4 is 15.2 Å². The molecule has 0 bridgehead atoms. The maximum atomic E-state index is 11.4. The van der Waals surface area contributed by atoms with Crippen molar-refractivity contribution >= 4 is 36.8 Å². The fraction of sp³-hybridized carbons (Fsp3) is 0.167. The Labute approximate surface area is 88.7 Å². The number of hydrogen-bond acceptors (Lipinski definition) is 4. The van der Waals surface area contributed by atoms with Crippen LogP contribution in [0.4, 0.5) is 0 Å². The smallest absolute Gasteiger partial charge is 0.384 e. The van der Waals surface area contributed by atoms with Gasteiger partial charge in [0.05, 0.1) is 0 Å². The standard InChI is InChI=1S/C6H5N4O2S2/c1-2-9(13)3-4(10(2)14)7-6(12)8-5(3)11/h1H3,(H2,7,8,11,12)/q-1. The summed E-state index contributed by atoms with van der Waals surface area (Å²) in [5.74, 6) is 0.525. The molecule has 0 amide bonds. The van der Waals surface area contributed by atoms with E-state index in [1.807, 2.05) is 0 Å². The summed E-state index contributed by atoms with van der Waals surface area (Å²) in [7, 11) is 0. The number of fused-ring (bicyclic) bond motifs is 1. The molecule has 2 aromatic heterocycles. The van der Waals surface area contributed by atoms with Crippen molar-refractivity contribution in [3.05, 3.63) is 26.7 Å². The number of aromatic nitrogens is 4. The van der Waals surface area contributed by atoms with Gasteiger partial charge in [0.15, 0.2) is 5.82 Å². The van der Waals surface area contributed by atoms with Gasteiger partial charge in [-0.25, -0.2) is 9.78 Å². The molecule has 8 heteroatoms. The molecule has 2 N–H and O–H groups in total. The zero-order valence-corrected chi connectivity index (χ0v) is 8.66. The van der Waals surface area contributed by atoms with Gasteiger partial charge in [-0.3, -0.25) is 9.78 Å². The minimum atomic E-state index is -0.596. The van der Waals surface area contributed by atoms with E-state index in [4.69, 9.17) is 25.6 Å². The zero-order valence-electron chi connectivity index (χ0n) is 7.03. The van der Waals surface area contributed by atoms with E-state index in [1.165, 1.54) is 7.94 Å². The summed E-state index contributed by atoms with van der Waals surface area (Å²) in [5, 5.41) is 0. The Morgan fingerprint density at radius 1 is 1.36 bits per heavy atom. The van der Waals surface area contributed by atoms with Crippen molar-refractivity contribution in [2.24, 2.45) is 0 Å². The number of nitrogens with zero attached hydrogens (tertiary/aromatic N) is 2. The first-order chi connectivity index (χ1) is 6.52. The second-order valence-corrected chi connectivity index (χ2v) is 3.47. The van der Waals surface area contributed by atoms with Gasteiger partial charge in [0.2, 0.25) is 5.52 Å². The monoisotopic (exact) mass is 229 g/mol. The second-order valence-electron chi connectivity index (χ2n) is 2.74. The molecule has 0 spiro atoms. The molecule has 0 fully saturated rings. The van der Waals surface area contributed by atoms with Crippen LogP contribution >= 0.6 is 0 Å². The molecule has 0 aromatic carbocycles. The minimum absolute atomic E-state index is 0.187. The summed E-state index contributed by atoms with van der Waals surface area (Å²) in [6, 6.07) is 0. The molecule has 14 heavy (non-hydrogen) atoms. The average Bonchev–Trinajstić information content (AvgIpc) is 2.31. The van der Waals surface area contributed by atoms with E-state index in [-0.39, 0.29) is 11.2 Å². The van der Waals surface area contributed by atoms with Crippen LogP contribution in [0.3, 0.4) is 0 Å². The first-order valence-electron chi connectivity index (χ1n) is 3.67. The normalized spacial score (nSPS) is 10.9. The number of rotatable bonds is 0. The van der Waals surface area contributed by atoms with Crippen LogP contribution in [0.15, 0.2) is 9.59 Å². The third-order valence-electron chi connectivity index (χ3n) is 1.89. The molecule has 0 saturated heterocycles. The molecule has 0 aliphatic carbocycles. The molecule has 0 aliphatic heterocycles. The first-order valence-corrected chi connectivity index (χ1v) is 4.40. The quantitative estimate of drug-likeness (QED) is 0.414. The lowest BCUT2D eigenvalue weighted by molar-refractivity contribution is -0.473. The Morgan fingerprint density at radius 3 is 2.64 bits per heavy atom. The van der Waals surface area contributed by atoms with Gasteiger partial charge in [-0.2, -0.15) is 0 Å². The largest absolute Gasteiger partial charge is 0.598 e. The van der Waals surface area contributed by atoms with Crippen LogP contribution in [-0.2, 0) is 25.6 Å². The molecule has 0 saturated carbocycles. The van der Waals surface area contributed by atoms with Gasteiger partial charge in [0.25, 0.3) is 11.2 Å². The molecule has 0 atom stereocenters. The van der Waals surface area contributed by atoms with Gasteiger partial charge >= 0.3 is 5.69 Å². The summed E-state index contributed by atoms with van der Waals surface area (Å²) < 4.78 is 2.47. The van der Waals surface area contributed by atoms with Crippen molar-refractivity contribution in [1.29, 1.82) is 0 Å². The van der Waals surface area contributed by atoms with Crippen LogP contribution in [0.5, 0.6) is 0 Å². The van der Waals surface area contributed by atoms with Gasteiger partial charge in [-0.15, -0.1) is 0 Å². The van der Waals surface area contributed by atoms with E-state index >= 15 is 0 Å². The number of nitrogens with one attached hydrogen (secondary N) is 2. The number of H-pyrrole nitrogens is 2. The van der Waals surface area contributed by atoms with Crippen molar-refractivity contribution in [3.63, 3.8) is 0 Å².